The number of halogens is 2. The molecule has 0 fully saturated rings. The van der Waals surface area contributed by atoms with Gasteiger partial charge in [0, 0.05) is 9.26 Å². The van der Waals surface area contributed by atoms with Gasteiger partial charge in [-0.05, 0) is 65.4 Å². The van der Waals surface area contributed by atoms with E-state index in [1.165, 1.54) is 0 Å². The standard InChI is InChI=1S/C15H14ClIN2O2/c1-9(20)10-2-5-12(6-3-10)18-15(21)19-14-7-4-11(17)8-13(14)16/h2-9,20H,1H3,(H2,18,19,21). The largest absolute Gasteiger partial charge is 0.389 e. The van der Waals surface area contributed by atoms with E-state index in [0.29, 0.717) is 16.4 Å². The van der Waals surface area contributed by atoms with Gasteiger partial charge < -0.3 is 15.7 Å². The zero-order valence-corrected chi connectivity index (χ0v) is 14.1. The molecular formula is C15H14ClIN2O2. The van der Waals surface area contributed by atoms with Gasteiger partial charge in [-0.25, -0.2) is 4.79 Å². The highest BCUT2D eigenvalue weighted by atomic mass is 127. The lowest BCUT2D eigenvalue weighted by Crippen LogP contribution is -2.19. The highest BCUT2D eigenvalue weighted by Gasteiger charge is 2.07. The fourth-order valence-corrected chi connectivity index (χ4v) is 2.62. The maximum Gasteiger partial charge on any atom is 0.323 e. The van der Waals surface area contributed by atoms with Crippen LogP contribution >= 0.6 is 34.2 Å². The SMILES string of the molecule is CC(O)c1ccc(NC(=O)Nc2ccc(I)cc2Cl)cc1. The van der Waals surface area contributed by atoms with Gasteiger partial charge in [0.2, 0.25) is 0 Å². The number of aliphatic hydroxyl groups is 1. The second-order valence-electron chi connectivity index (χ2n) is 4.50. The molecule has 2 aromatic rings. The molecule has 6 heteroatoms. The molecule has 0 aliphatic carbocycles. The molecule has 0 radical (unpaired) electrons. The van der Waals surface area contributed by atoms with Crippen molar-refractivity contribution in [3.8, 4) is 0 Å². The predicted molar refractivity (Wildman–Crippen MR) is 93.9 cm³/mol. The first-order valence-electron chi connectivity index (χ1n) is 6.27. The van der Waals surface area contributed by atoms with Crippen molar-refractivity contribution in [1.82, 2.24) is 0 Å². The third-order valence-electron chi connectivity index (χ3n) is 2.83. The van der Waals surface area contributed by atoms with E-state index in [4.69, 9.17) is 11.6 Å². The van der Waals surface area contributed by atoms with Crippen molar-refractivity contribution in [2.24, 2.45) is 0 Å². The Kier molecular flexibility index (Phi) is 5.44. The van der Waals surface area contributed by atoms with Gasteiger partial charge in [0.15, 0.2) is 0 Å². The van der Waals surface area contributed by atoms with E-state index in [1.54, 1.807) is 43.3 Å². The lowest BCUT2D eigenvalue weighted by molar-refractivity contribution is 0.199. The number of aliphatic hydroxyl groups excluding tert-OH is 1. The number of urea groups is 1. The van der Waals surface area contributed by atoms with E-state index >= 15 is 0 Å². The van der Waals surface area contributed by atoms with Crippen molar-refractivity contribution in [3.05, 3.63) is 56.6 Å². The Bertz CT molecular complexity index is 645. The molecule has 2 amide bonds. The lowest BCUT2D eigenvalue weighted by Gasteiger charge is -2.10. The first-order valence-corrected chi connectivity index (χ1v) is 7.72. The van der Waals surface area contributed by atoms with Gasteiger partial charge in [-0.2, -0.15) is 0 Å². The Hall–Kier alpha value is -1.31. The van der Waals surface area contributed by atoms with Crippen LogP contribution < -0.4 is 10.6 Å². The number of hydrogen-bond donors (Lipinski definition) is 3. The monoisotopic (exact) mass is 416 g/mol. The number of carbonyl (C=O) groups excluding carboxylic acids is 1. The molecule has 110 valence electrons. The Balaban J connectivity index is 2.01. The minimum absolute atomic E-state index is 0.372. The molecule has 2 aromatic carbocycles. The third kappa shape index (κ3) is 4.59. The molecule has 4 nitrogen and oxygen atoms in total. The quantitative estimate of drug-likeness (QED) is 0.638. The summed E-state index contributed by atoms with van der Waals surface area (Å²) in [5.41, 5.74) is 1.98. The number of anilines is 2. The predicted octanol–water partition coefficient (Wildman–Crippen LogP) is 4.64. The lowest BCUT2D eigenvalue weighted by atomic mass is 10.1. The van der Waals surface area contributed by atoms with E-state index in [1.807, 2.05) is 6.07 Å². The number of rotatable bonds is 3. The molecule has 1 atom stereocenters. The Morgan fingerprint density at radius 1 is 1.19 bits per heavy atom. The minimum Gasteiger partial charge on any atom is -0.389 e. The third-order valence-corrected chi connectivity index (χ3v) is 3.81. The molecule has 0 aliphatic heterocycles. The van der Waals surface area contributed by atoms with Crippen LogP contribution in [0.1, 0.15) is 18.6 Å². The van der Waals surface area contributed by atoms with Crippen LogP contribution in [-0.4, -0.2) is 11.1 Å². The topological polar surface area (TPSA) is 61.4 Å². The van der Waals surface area contributed by atoms with Gasteiger partial charge in [0.05, 0.1) is 16.8 Å². The maximum atomic E-state index is 11.9. The van der Waals surface area contributed by atoms with E-state index in [0.717, 1.165) is 9.13 Å². The van der Waals surface area contributed by atoms with Crippen LogP contribution in [0, 0.1) is 3.57 Å². The molecule has 21 heavy (non-hydrogen) atoms. The summed E-state index contributed by atoms with van der Waals surface area (Å²) >= 11 is 8.21. The summed E-state index contributed by atoms with van der Waals surface area (Å²) < 4.78 is 0.997. The number of benzene rings is 2. The van der Waals surface area contributed by atoms with Gasteiger partial charge >= 0.3 is 6.03 Å². The van der Waals surface area contributed by atoms with Crippen molar-refractivity contribution in [2.75, 3.05) is 10.6 Å². The first-order chi connectivity index (χ1) is 9.95. The Morgan fingerprint density at radius 2 is 1.86 bits per heavy atom. The molecule has 0 saturated carbocycles. The van der Waals surface area contributed by atoms with Gasteiger partial charge in [-0.15, -0.1) is 0 Å². The average molecular weight is 417 g/mol. The van der Waals surface area contributed by atoms with Crippen LogP contribution in [0.25, 0.3) is 0 Å². The van der Waals surface area contributed by atoms with Gasteiger partial charge in [-0.3, -0.25) is 0 Å². The van der Waals surface area contributed by atoms with E-state index in [-0.39, 0.29) is 6.03 Å². The zero-order valence-electron chi connectivity index (χ0n) is 11.2. The Labute approximate surface area is 141 Å². The van der Waals surface area contributed by atoms with Crippen LogP contribution in [0.15, 0.2) is 42.5 Å². The zero-order chi connectivity index (χ0) is 15.4. The normalized spacial score (nSPS) is 11.8. The number of carbonyl (C=O) groups is 1. The summed E-state index contributed by atoms with van der Waals surface area (Å²) in [4.78, 5) is 11.9. The van der Waals surface area contributed by atoms with Crippen LogP contribution in [0.2, 0.25) is 5.02 Å². The number of hydrogen-bond acceptors (Lipinski definition) is 2. The van der Waals surface area contributed by atoms with Crippen molar-refractivity contribution < 1.29 is 9.90 Å². The number of nitrogens with one attached hydrogen (secondary N) is 2. The minimum atomic E-state index is -0.529. The van der Waals surface area contributed by atoms with Crippen LogP contribution in [-0.2, 0) is 0 Å². The first kappa shape index (κ1) is 16.1. The Morgan fingerprint density at radius 3 is 2.43 bits per heavy atom. The summed E-state index contributed by atoms with van der Waals surface area (Å²) in [7, 11) is 0. The summed E-state index contributed by atoms with van der Waals surface area (Å²) in [5, 5.41) is 15.3. The highest BCUT2D eigenvalue weighted by Crippen LogP contribution is 2.24. The maximum absolute atomic E-state index is 11.9. The number of amides is 2. The van der Waals surface area contributed by atoms with Crippen molar-refractivity contribution >= 4 is 51.6 Å². The summed E-state index contributed by atoms with van der Waals surface area (Å²) in [6.45, 7) is 1.69. The van der Waals surface area contributed by atoms with E-state index < -0.39 is 6.10 Å². The summed E-state index contributed by atoms with van der Waals surface area (Å²) in [6, 6.07) is 12.0. The summed E-state index contributed by atoms with van der Waals surface area (Å²) in [6.07, 6.45) is -0.529. The van der Waals surface area contributed by atoms with Crippen molar-refractivity contribution in [3.63, 3.8) is 0 Å². The fraction of sp³-hybridized carbons (Fsp3) is 0.133. The highest BCUT2D eigenvalue weighted by molar-refractivity contribution is 14.1. The molecule has 3 N–H and O–H groups in total. The van der Waals surface area contributed by atoms with Gasteiger partial charge in [-0.1, -0.05) is 23.7 Å². The molecule has 0 aromatic heterocycles. The molecule has 0 spiro atoms. The molecular weight excluding hydrogens is 403 g/mol. The van der Waals surface area contributed by atoms with Crippen LogP contribution in [0.5, 0.6) is 0 Å². The molecule has 1 unspecified atom stereocenters. The summed E-state index contributed by atoms with van der Waals surface area (Å²) in [5.74, 6) is 0. The average Bonchev–Trinajstić information content (AvgIpc) is 2.42. The second-order valence-corrected chi connectivity index (χ2v) is 6.15. The second kappa shape index (κ2) is 7.11. The van der Waals surface area contributed by atoms with Crippen LogP contribution in [0.4, 0.5) is 16.2 Å². The van der Waals surface area contributed by atoms with Gasteiger partial charge in [0.1, 0.15) is 0 Å². The van der Waals surface area contributed by atoms with Crippen LogP contribution in [0.3, 0.4) is 0 Å². The molecule has 0 bridgehead atoms. The molecule has 2 rings (SSSR count). The van der Waals surface area contributed by atoms with Crippen molar-refractivity contribution in [2.45, 2.75) is 13.0 Å². The smallest absolute Gasteiger partial charge is 0.323 e. The fourth-order valence-electron chi connectivity index (χ4n) is 1.72. The molecule has 0 saturated heterocycles. The molecule has 0 aliphatic rings. The van der Waals surface area contributed by atoms with Crippen molar-refractivity contribution in [1.29, 1.82) is 0 Å². The molecule has 0 heterocycles. The van der Waals surface area contributed by atoms with E-state index in [2.05, 4.69) is 33.2 Å². The van der Waals surface area contributed by atoms with Gasteiger partial charge in [0.25, 0.3) is 0 Å². The van der Waals surface area contributed by atoms with E-state index in [9.17, 15) is 9.90 Å².